The van der Waals surface area contributed by atoms with Crippen molar-refractivity contribution in [3.8, 4) is 0 Å². The largest absolute Gasteiger partial charge is 0.412 e. The Hall–Kier alpha value is -0.573. The standard InChI is InChI=1S/C21H37NO3SSi.H2O/c1-16-20(17-14-12-11-13-15-17,25-27(9,10)19(5,6)7)21(16,24-8)22-26(23)18(2,3)4;/h11-16,22H,1-10H3;1H2/t16-,20-,21-,26-;/m1./s1. The predicted octanol–water partition coefficient (Wildman–Crippen LogP) is 4.12. The Labute approximate surface area is 174 Å². The summed E-state index contributed by atoms with van der Waals surface area (Å²) in [7, 11) is -1.71. The van der Waals surface area contributed by atoms with Crippen molar-refractivity contribution in [1.29, 1.82) is 0 Å². The molecular formula is C21H39NO4SSi. The predicted molar refractivity (Wildman–Crippen MR) is 120 cm³/mol. The van der Waals surface area contributed by atoms with Gasteiger partial charge in [0.15, 0.2) is 14.0 Å². The summed E-state index contributed by atoms with van der Waals surface area (Å²) in [5.41, 5.74) is -0.405. The fourth-order valence-corrected chi connectivity index (χ4v) is 5.90. The Kier molecular flexibility index (Phi) is 7.21. The van der Waals surface area contributed by atoms with Crippen LogP contribution in [0.3, 0.4) is 0 Å². The molecule has 3 N–H and O–H groups in total. The van der Waals surface area contributed by atoms with Gasteiger partial charge in [0.05, 0.1) is 15.7 Å². The van der Waals surface area contributed by atoms with Crippen molar-refractivity contribution in [3.05, 3.63) is 35.9 Å². The van der Waals surface area contributed by atoms with Crippen molar-refractivity contribution in [2.75, 3.05) is 7.11 Å². The van der Waals surface area contributed by atoms with Crippen LogP contribution in [0.15, 0.2) is 30.3 Å². The van der Waals surface area contributed by atoms with Gasteiger partial charge in [0, 0.05) is 13.0 Å². The van der Waals surface area contributed by atoms with Crippen LogP contribution in [0.1, 0.15) is 54.0 Å². The van der Waals surface area contributed by atoms with Gasteiger partial charge in [-0.25, -0.2) is 8.93 Å². The molecule has 0 aliphatic heterocycles. The second-order valence-electron chi connectivity index (χ2n) is 10.1. The molecule has 0 bridgehead atoms. The van der Waals surface area contributed by atoms with Gasteiger partial charge in [0.2, 0.25) is 0 Å². The van der Waals surface area contributed by atoms with Gasteiger partial charge in [-0.1, -0.05) is 58.0 Å². The van der Waals surface area contributed by atoms with Gasteiger partial charge < -0.3 is 14.6 Å². The van der Waals surface area contributed by atoms with E-state index in [1.54, 1.807) is 7.11 Å². The molecule has 1 saturated carbocycles. The molecule has 162 valence electrons. The van der Waals surface area contributed by atoms with Crippen LogP contribution in [-0.4, -0.2) is 35.6 Å². The van der Waals surface area contributed by atoms with Crippen LogP contribution < -0.4 is 4.72 Å². The normalized spacial score (nSPS) is 29.1. The van der Waals surface area contributed by atoms with Gasteiger partial charge >= 0.3 is 0 Å². The van der Waals surface area contributed by atoms with E-state index in [1.807, 2.05) is 39.0 Å². The second-order valence-corrected chi connectivity index (χ2v) is 16.8. The van der Waals surface area contributed by atoms with E-state index >= 15 is 0 Å². The minimum atomic E-state index is -2.12. The lowest BCUT2D eigenvalue weighted by atomic mass is 10.1. The van der Waals surface area contributed by atoms with Crippen molar-refractivity contribution < 1.29 is 18.8 Å². The molecule has 0 saturated heterocycles. The fourth-order valence-electron chi connectivity index (χ4n) is 3.35. The van der Waals surface area contributed by atoms with E-state index in [9.17, 15) is 4.21 Å². The molecule has 0 aromatic heterocycles. The molecule has 0 radical (unpaired) electrons. The van der Waals surface area contributed by atoms with Crippen molar-refractivity contribution in [3.63, 3.8) is 0 Å². The summed E-state index contributed by atoms with van der Waals surface area (Å²) in [4.78, 5) is 0. The fraction of sp³-hybridized carbons (Fsp3) is 0.714. The highest BCUT2D eigenvalue weighted by Crippen LogP contribution is 2.66. The van der Waals surface area contributed by atoms with E-state index in [4.69, 9.17) is 9.16 Å². The third-order valence-electron chi connectivity index (χ3n) is 6.24. The van der Waals surface area contributed by atoms with Crippen LogP contribution in [0.2, 0.25) is 18.1 Å². The van der Waals surface area contributed by atoms with Crippen LogP contribution >= 0.6 is 0 Å². The molecule has 4 atom stereocenters. The first-order valence-corrected chi connectivity index (χ1v) is 13.7. The van der Waals surface area contributed by atoms with Crippen molar-refractivity contribution >= 4 is 19.3 Å². The number of hydrogen-bond acceptors (Lipinski definition) is 3. The van der Waals surface area contributed by atoms with Crippen molar-refractivity contribution in [2.24, 2.45) is 5.92 Å². The second kappa shape index (κ2) is 7.93. The number of benzene rings is 1. The maximum Gasteiger partial charge on any atom is 0.193 e. The maximum atomic E-state index is 13.0. The van der Waals surface area contributed by atoms with Crippen molar-refractivity contribution in [2.45, 2.75) is 82.7 Å². The topological polar surface area (TPSA) is 79.1 Å². The molecule has 0 heterocycles. The van der Waals surface area contributed by atoms with Crippen LogP contribution in [0, 0.1) is 5.92 Å². The highest BCUT2D eigenvalue weighted by molar-refractivity contribution is 7.84. The summed E-state index contributed by atoms with van der Waals surface area (Å²) in [5.74, 6) is 0.0258. The highest BCUT2D eigenvalue weighted by Gasteiger charge is 2.80. The summed E-state index contributed by atoms with van der Waals surface area (Å²) in [6.45, 7) is 19.2. The Morgan fingerprint density at radius 2 is 1.57 bits per heavy atom. The van der Waals surface area contributed by atoms with Gasteiger partial charge in [-0.3, -0.25) is 0 Å². The lowest BCUT2D eigenvalue weighted by Gasteiger charge is -2.41. The van der Waals surface area contributed by atoms with Gasteiger partial charge in [-0.15, -0.1) is 0 Å². The average molecular weight is 430 g/mol. The molecule has 1 aromatic carbocycles. The van der Waals surface area contributed by atoms with Crippen LogP contribution in [-0.2, 0) is 25.7 Å². The Morgan fingerprint density at radius 3 is 1.96 bits per heavy atom. The number of nitrogens with one attached hydrogen (secondary N) is 1. The number of hydrogen-bond donors (Lipinski definition) is 1. The van der Waals surface area contributed by atoms with Crippen LogP contribution in [0.5, 0.6) is 0 Å². The number of methoxy groups -OCH3 is 1. The summed E-state index contributed by atoms with van der Waals surface area (Å²) in [6.07, 6.45) is 0. The molecule has 7 heteroatoms. The van der Waals surface area contributed by atoms with Gasteiger partial charge in [0.25, 0.3) is 0 Å². The third kappa shape index (κ3) is 4.02. The number of ether oxygens (including phenoxy) is 1. The Morgan fingerprint density at radius 1 is 1.07 bits per heavy atom. The van der Waals surface area contributed by atoms with Crippen molar-refractivity contribution in [1.82, 2.24) is 4.72 Å². The van der Waals surface area contributed by atoms with E-state index in [-0.39, 0.29) is 16.4 Å². The molecule has 0 amide bonds. The van der Waals surface area contributed by atoms with Gasteiger partial charge in [-0.05, 0) is 44.5 Å². The zero-order valence-corrected chi connectivity index (χ0v) is 20.9. The minimum absolute atomic E-state index is 0. The first-order chi connectivity index (χ1) is 12.2. The third-order valence-corrected chi connectivity index (χ3v) is 12.3. The van der Waals surface area contributed by atoms with E-state index in [0.717, 1.165) is 5.56 Å². The van der Waals surface area contributed by atoms with E-state index in [0.29, 0.717) is 0 Å². The Bertz CT molecular complexity index is 699. The zero-order chi connectivity index (χ0) is 20.9. The van der Waals surface area contributed by atoms with Gasteiger partial charge in [0.1, 0.15) is 5.60 Å². The first kappa shape index (κ1) is 25.5. The first-order valence-electron chi connectivity index (χ1n) is 9.66. The Balaban J connectivity index is 0.00000392. The monoisotopic (exact) mass is 429 g/mol. The zero-order valence-electron chi connectivity index (χ0n) is 19.1. The van der Waals surface area contributed by atoms with Crippen LogP contribution in [0.4, 0.5) is 0 Å². The summed E-state index contributed by atoms with van der Waals surface area (Å²) in [5, 5.41) is 0.0553. The summed E-state index contributed by atoms with van der Waals surface area (Å²) >= 11 is 0. The average Bonchev–Trinajstić information content (AvgIpc) is 3.04. The molecule has 1 aliphatic rings. The lowest BCUT2D eigenvalue weighted by molar-refractivity contribution is -0.0149. The molecule has 28 heavy (non-hydrogen) atoms. The molecule has 1 fully saturated rings. The number of rotatable bonds is 6. The quantitative estimate of drug-likeness (QED) is 0.545. The van der Waals surface area contributed by atoms with E-state index < -0.39 is 35.4 Å². The van der Waals surface area contributed by atoms with E-state index in [1.165, 1.54) is 0 Å². The molecule has 1 aromatic rings. The molecule has 0 spiro atoms. The molecular weight excluding hydrogens is 390 g/mol. The van der Waals surface area contributed by atoms with Gasteiger partial charge in [-0.2, -0.15) is 0 Å². The van der Waals surface area contributed by atoms with E-state index in [2.05, 4.69) is 57.6 Å². The highest BCUT2D eigenvalue weighted by atomic mass is 32.2. The lowest BCUT2D eigenvalue weighted by Crippen LogP contribution is -2.52. The smallest absolute Gasteiger partial charge is 0.193 e. The molecule has 1 aliphatic carbocycles. The summed E-state index contributed by atoms with van der Waals surface area (Å²) in [6, 6.07) is 10.2. The van der Waals surface area contributed by atoms with Crippen LogP contribution in [0.25, 0.3) is 0 Å². The maximum absolute atomic E-state index is 13.0. The molecule has 2 rings (SSSR count). The molecule has 0 unspecified atom stereocenters. The molecule has 5 nitrogen and oxygen atoms in total. The summed E-state index contributed by atoms with van der Waals surface area (Å²) < 4.78 is 29.0. The minimum Gasteiger partial charge on any atom is -0.412 e. The SMILES string of the molecule is CO[C@]1(N[S@](=O)C(C)(C)C)[C@H](C)[C@@]1(O[Si](C)(C)C(C)(C)C)c1ccccc1.O.